The van der Waals surface area contributed by atoms with E-state index in [4.69, 9.17) is 0 Å². The highest BCUT2D eigenvalue weighted by molar-refractivity contribution is 5.97. The number of aldehydes is 1. The molecule has 1 rings (SSSR count). The van der Waals surface area contributed by atoms with E-state index in [-0.39, 0.29) is 32.1 Å². The van der Waals surface area contributed by atoms with Crippen LogP contribution in [0.2, 0.25) is 0 Å². The zero-order valence-electron chi connectivity index (χ0n) is 15.9. The van der Waals surface area contributed by atoms with E-state index >= 15 is 0 Å². The van der Waals surface area contributed by atoms with Gasteiger partial charge in [0.05, 0.1) is 19.8 Å². The van der Waals surface area contributed by atoms with Crippen LogP contribution in [0.4, 0.5) is 5.69 Å². The Morgan fingerprint density at radius 3 is 2.25 bits per heavy atom. The largest absolute Gasteiger partial charge is 0.392 e. The van der Waals surface area contributed by atoms with Crippen LogP contribution in [-0.4, -0.2) is 46.8 Å². The highest BCUT2D eigenvalue weighted by Gasteiger charge is 2.16. The number of rotatable bonds is 12. The van der Waals surface area contributed by atoms with Crippen LogP contribution in [0, 0.1) is 0 Å². The van der Waals surface area contributed by atoms with Gasteiger partial charge in [-0.15, -0.1) is 0 Å². The summed E-state index contributed by atoms with van der Waals surface area (Å²) in [7, 11) is 0. The normalized spacial score (nSPS) is 11.4. The Hall–Kier alpha value is -2.78. The number of benzene rings is 1. The van der Waals surface area contributed by atoms with Gasteiger partial charge < -0.3 is 31.0 Å². The molecular formula is C19H27N3O6. The Bertz CT molecular complexity index is 670. The molecule has 0 spiro atoms. The van der Waals surface area contributed by atoms with E-state index in [0.717, 1.165) is 6.29 Å². The predicted molar refractivity (Wildman–Crippen MR) is 102 cm³/mol. The van der Waals surface area contributed by atoms with Gasteiger partial charge in [-0.1, -0.05) is 6.07 Å². The minimum atomic E-state index is -0.854. The second-order valence-corrected chi connectivity index (χ2v) is 6.32. The molecule has 0 radical (unpaired) electrons. The van der Waals surface area contributed by atoms with E-state index in [2.05, 4.69) is 16.0 Å². The van der Waals surface area contributed by atoms with Crippen molar-refractivity contribution in [2.24, 2.45) is 0 Å². The zero-order valence-corrected chi connectivity index (χ0v) is 15.9. The summed E-state index contributed by atoms with van der Waals surface area (Å²) >= 11 is 0. The molecule has 1 aromatic carbocycles. The first-order valence-electron chi connectivity index (χ1n) is 9.04. The number of hydrogen-bond donors (Lipinski definition) is 5. The van der Waals surface area contributed by atoms with Gasteiger partial charge in [0.25, 0.3) is 0 Å². The van der Waals surface area contributed by atoms with Crippen molar-refractivity contribution in [1.29, 1.82) is 0 Å². The van der Waals surface area contributed by atoms with Gasteiger partial charge in [-0.25, -0.2) is 0 Å². The first-order chi connectivity index (χ1) is 13.4. The van der Waals surface area contributed by atoms with E-state index in [0.29, 0.717) is 36.1 Å². The van der Waals surface area contributed by atoms with Crippen molar-refractivity contribution < 1.29 is 29.4 Å². The fraction of sp³-hybridized carbons (Fsp3) is 0.474. The zero-order chi connectivity index (χ0) is 20.9. The van der Waals surface area contributed by atoms with Crippen LogP contribution in [0.25, 0.3) is 0 Å². The Morgan fingerprint density at radius 2 is 1.68 bits per heavy atom. The van der Waals surface area contributed by atoms with Crippen LogP contribution in [0.15, 0.2) is 18.2 Å². The van der Waals surface area contributed by atoms with E-state index in [1.807, 2.05) is 0 Å². The number of amides is 3. The number of anilines is 1. The third-order valence-electron chi connectivity index (χ3n) is 3.88. The minimum Gasteiger partial charge on any atom is -0.392 e. The van der Waals surface area contributed by atoms with Crippen molar-refractivity contribution in [3.8, 4) is 0 Å². The molecule has 0 bridgehead atoms. The van der Waals surface area contributed by atoms with Crippen molar-refractivity contribution in [3.05, 3.63) is 29.3 Å². The number of aliphatic hydroxyl groups is 2. The summed E-state index contributed by atoms with van der Waals surface area (Å²) in [6, 6.07) is 3.89. The molecule has 1 atom stereocenters. The van der Waals surface area contributed by atoms with Gasteiger partial charge in [-0.2, -0.15) is 0 Å². The number of carbonyl (C=O) groups is 4. The predicted octanol–water partition coefficient (Wildman–Crippen LogP) is -0.0101. The highest BCUT2D eigenvalue weighted by atomic mass is 16.3. The average molecular weight is 393 g/mol. The Morgan fingerprint density at radius 1 is 1.04 bits per heavy atom. The number of hydrogen-bond acceptors (Lipinski definition) is 6. The first-order valence-corrected chi connectivity index (χ1v) is 9.04. The molecule has 0 saturated carbocycles. The Balaban J connectivity index is 2.44. The summed E-state index contributed by atoms with van der Waals surface area (Å²) in [6.07, 6.45) is 2.61. The molecular weight excluding hydrogens is 366 g/mol. The highest BCUT2D eigenvalue weighted by Crippen LogP contribution is 2.15. The molecule has 28 heavy (non-hydrogen) atoms. The molecule has 1 aromatic rings. The van der Waals surface area contributed by atoms with Crippen molar-refractivity contribution in [3.63, 3.8) is 0 Å². The van der Waals surface area contributed by atoms with Crippen molar-refractivity contribution >= 4 is 29.7 Å². The van der Waals surface area contributed by atoms with Crippen LogP contribution in [0.1, 0.15) is 43.7 Å². The van der Waals surface area contributed by atoms with Gasteiger partial charge in [0.1, 0.15) is 12.3 Å². The van der Waals surface area contributed by atoms with Crippen LogP contribution in [0.5, 0.6) is 0 Å². The molecule has 154 valence electrons. The smallest absolute Gasteiger partial charge is 0.246 e. The molecule has 0 aliphatic heterocycles. The van der Waals surface area contributed by atoms with Crippen LogP contribution in [0.3, 0.4) is 0 Å². The maximum absolute atomic E-state index is 12.2. The second-order valence-electron chi connectivity index (χ2n) is 6.32. The number of aliphatic hydroxyl groups excluding tert-OH is 2. The van der Waals surface area contributed by atoms with Gasteiger partial charge in [-0.05, 0) is 43.0 Å². The van der Waals surface area contributed by atoms with Crippen molar-refractivity contribution in [2.45, 2.75) is 51.9 Å². The summed E-state index contributed by atoms with van der Waals surface area (Å²) in [6.45, 7) is 0.770. The fourth-order valence-electron chi connectivity index (χ4n) is 2.41. The molecule has 3 amide bonds. The fourth-order valence-corrected chi connectivity index (χ4v) is 2.41. The lowest BCUT2D eigenvalue weighted by Crippen LogP contribution is -2.45. The third kappa shape index (κ3) is 8.74. The molecule has 0 aliphatic rings. The molecule has 0 saturated heterocycles. The summed E-state index contributed by atoms with van der Waals surface area (Å²) in [5, 5.41) is 26.0. The molecule has 5 N–H and O–H groups in total. The summed E-state index contributed by atoms with van der Waals surface area (Å²) in [4.78, 5) is 45.9. The molecule has 0 heterocycles. The molecule has 0 fully saturated rings. The molecule has 1 unspecified atom stereocenters. The van der Waals surface area contributed by atoms with E-state index in [1.54, 1.807) is 18.2 Å². The SMILES string of the molecule is CC(NC(=O)CNC(=O)CCCCC=O)C(=O)Nc1cc(CO)cc(CO)c1. The van der Waals surface area contributed by atoms with Gasteiger partial charge in [0.2, 0.25) is 17.7 Å². The summed E-state index contributed by atoms with van der Waals surface area (Å²) < 4.78 is 0. The van der Waals surface area contributed by atoms with Gasteiger partial charge in [0, 0.05) is 18.5 Å². The lowest BCUT2D eigenvalue weighted by molar-refractivity contribution is -0.128. The Kier molecular flexibility index (Phi) is 10.4. The topological polar surface area (TPSA) is 145 Å². The van der Waals surface area contributed by atoms with Crippen LogP contribution < -0.4 is 16.0 Å². The maximum atomic E-state index is 12.2. The van der Waals surface area contributed by atoms with E-state index in [9.17, 15) is 29.4 Å². The van der Waals surface area contributed by atoms with Gasteiger partial charge in [0.15, 0.2) is 0 Å². The van der Waals surface area contributed by atoms with Crippen LogP contribution >= 0.6 is 0 Å². The summed E-state index contributed by atoms with van der Waals surface area (Å²) in [5.41, 5.74) is 1.47. The van der Waals surface area contributed by atoms with Gasteiger partial charge >= 0.3 is 0 Å². The monoisotopic (exact) mass is 393 g/mol. The molecule has 0 aliphatic carbocycles. The number of carbonyl (C=O) groups excluding carboxylic acids is 4. The number of unbranched alkanes of at least 4 members (excludes halogenated alkanes) is 2. The number of nitrogens with one attached hydrogen (secondary N) is 3. The second kappa shape index (κ2) is 12.6. The molecule has 9 nitrogen and oxygen atoms in total. The lowest BCUT2D eigenvalue weighted by Gasteiger charge is -2.15. The van der Waals surface area contributed by atoms with Crippen LogP contribution in [-0.2, 0) is 32.4 Å². The molecule has 9 heteroatoms. The maximum Gasteiger partial charge on any atom is 0.246 e. The minimum absolute atomic E-state index is 0.228. The molecule has 0 aromatic heterocycles. The van der Waals surface area contributed by atoms with E-state index in [1.165, 1.54) is 6.92 Å². The Labute approximate surface area is 163 Å². The lowest BCUT2D eigenvalue weighted by atomic mass is 10.1. The quantitative estimate of drug-likeness (QED) is 0.249. The standard InChI is InChI=1S/C19H27N3O6/c1-13(21-18(27)10-20-17(26)5-3-2-4-6-23)19(28)22-16-8-14(11-24)7-15(9-16)12-25/h6-9,13,24-25H,2-5,10-12H2,1H3,(H,20,26)(H,21,27)(H,22,28). The van der Waals surface area contributed by atoms with E-state index < -0.39 is 17.9 Å². The average Bonchev–Trinajstić information content (AvgIpc) is 2.69. The van der Waals surface area contributed by atoms with Crippen molar-refractivity contribution in [2.75, 3.05) is 11.9 Å². The van der Waals surface area contributed by atoms with Crippen molar-refractivity contribution in [1.82, 2.24) is 10.6 Å². The summed E-state index contributed by atoms with van der Waals surface area (Å²) in [5.74, 6) is -1.29. The van der Waals surface area contributed by atoms with Gasteiger partial charge in [-0.3, -0.25) is 14.4 Å². The first kappa shape index (κ1) is 23.3. The third-order valence-corrected chi connectivity index (χ3v) is 3.88.